The molecule has 2 atom stereocenters. The van der Waals surface area contributed by atoms with Gasteiger partial charge in [0.2, 0.25) is 10.0 Å². The molecule has 0 aliphatic carbocycles. The van der Waals surface area contributed by atoms with Gasteiger partial charge in [0.1, 0.15) is 0 Å². The maximum absolute atomic E-state index is 12.1. The third-order valence-electron chi connectivity index (χ3n) is 3.28. The van der Waals surface area contributed by atoms with Crippen molar-refractivity contribution < 1.29 is 13.2 Å². The van der Waals surface area contributed by atoms with Crippen LogP contribution in [0.2, 0.25) is 0 Å². The van der Waals surface area contributed by atoms with Gasteiger partial charge < -0.3 is 10.5 Å². The molecule has 0 spiro atoms. The van der Waals surface area contributed by atoms with Gasteiger partial charge >= 0.3 is 0 Å². The Morgan fingerprint density at radius 2 is 2.12 bits per heavy atom. The number of halogens is 1. The van der Waals surface area contributed by atoms with Gasteiger partial charge in [-0.05, 0) is 25.2 Å². The summed E-state index contributed by atoms with van der Waals surface area (Å²) >= 11 is 0. The van der Waals surface area contributed by atoms with Crippen LogP contribution in [0.25, 0.3) is 0 Å². The number of nitrogens with zero attached hydrogens (tertiary/aromatic N) is 1. The molecule has 2 fully saturated rings. The van der Waals surface area contributed by atoms with Crippen LogP contribution in [0.3, 0.4) is 0 Å². The van der Waals surface area contributed by atoms with Crippen molar-refractivity contribution in [1.82, 2.24) is 4.31 Å². The van der Waals surface area contributed by atoms with Gasteiger partial charge in [-0.25, -0.2) is 12.7 Å². The molecule has 2 unspecified atom stereocenters. The van der Waals surface area contributed by atoms with E-state index in [0.717, 1.165) is 19.3 Å². The first-order valence-electron chi connectivity index (χ1n) is 5.89. The molecule has 0 amide bonds. The molecule has 0 saturated carbocycles. The van der Waals surface area contributed by atoms with Crippen LogP contribution in [0, 0.1) is 5.92 Å². The van der Waals surface area contributed by atoms with E-state index in [1.54, 1.807) is 4.31 Å². The highest BCUT2D eigenvalue weighted by atomic mass is 35.5. The van der Waals surface area contributed by atoms with E-state index in [0.29, 0.717) is 26.3 Å². The summed E-state index contributed by atoms with van der Waals surface area (Å²) in [4.78, 5) is 0. The smallest absolute Gasteiger partial charge is 0.214 e. The molecule has 0 bridgehead atoms. The summed E-state index contributed by atoms with van der Waals surface area (Å²) < 4.78 is 31.0. The zero-order valence-electron chi connectivity index (χ0n) is 9.88. The fourth-order valence-corrected chi connectivity index (χ4v) is 4.24. The second-order valence-corrected chi connectivity index (χ2v) is 6.78. The number of hydrogen-bond donors (Lipinski definition) is 1. The van der Waals surface area contributed by atoms with Gasteiger partial charge in [-0.15, -0.1) is 12.4 Å². The van der Waals surface area contributed by atoms with Gasteiger partial charge in [0.05, 0.1) is 12.4 Å². The maximum Gasteiger partial charge on any atom is 0.214 e. The van der Waals surface area contributed by atoms with Crippen LogP contribution in [-0.2, 0) is 14.8 Å². The van der Waals surface area contributed by atoms with Crippen molar-refractivity contribution in [2.24, 2.45) is 11.7 Å². The van der Waals surface area contributed by atoms with E-state index in [9.17, 15) is 8.42 Å². The number of ether oxygens (including phenoxy) is 1. The van der Waals surface area contributed by atoms with Crippen molar-refractivity contribution in [2.75, 3.05) is 32.1 Å². The lowest BCUT2D eigenvalue weighted by molar-refractivity contribution is 0.188. The average molecular weight is 285 g/mol. The first-order chi connectivity index (χ1) is 7.58. The zero-order chi connectivity index (χ0) is 11.6. The molecular formula is C10H21ClN2O3S. The Hall–Kier alpha value is 0.120. The highest BCUT2D eigenvalue weighted by Crippen LogP contribution is 2.19. The fourth-order valence-electron chi connectivity index (χ4n) is 2.34. The van der Waals surface area contributed by atoms with Crippen molar-refractivity contribution >= 4 is 22.4 Å². The lowest BCUT2D eigenvalue weighted by Gasteiger charge is -2.30. The van der Waals surface area contributed by atoms with Crippen LogP contribution >= 0.6 is 12.4 Å². The van der Waals surface area contributed by atoms with Gasteiger partial charge in [-0.2, -0.15) is 0 Å². The first kappa shape index (κ1) is 15.2. The number of nitrogens with two attached hydrogens (primary N) is 1. The highest BCUT2D eigenvalue weighted by Gasteiger charge is 2.31. The molecule has 0 radical (unpaired) electrons. The molecule has 2 aliphatic heterocycles. The standard InChI is InChI=1S/C10H20N2O3S.ClH/c11-10-2-1-4-12(6-10)16(13,14)8-9-3-5-15-7-9;/h9-10H,1-8,11H2;1H. The summed E-state index contributed by atoms with van der Waals surface area (Å²) in [5.41, 5.74) is 5.80. The molecule has 0 aromatic carbocycles. The largest absolute Gasteiger partial charge is 0.381 e. The molecule has 2 N–H and O–H groups in total. The zero-order valence-corrected chi connectivity index (χ0v) is 11.5. The molecule has 5 nitrogen and oxygen atoms in total. The van der Waals surface area contributed by atoms with E-state index in [-0.39, 0.29) is 30.1 Å². The Balaban J connectivity index is 0.00000144. The normalized spacial score (nSPS) is 31.1. The lowest BCUT2D eigenvalue weighted by atomic mass is 10.1. The molecule has 2 heterocycles. The van der Waals surface area contributed by atoms with E-state index in [1.165, 1.54) is 0 Å². The molecular weight excluding hydrogens is 264 g/mol. The summed E-state index contributed by atoms with van der Waals surface area (Å²) in [6.45, 7) is 2.39. The molecule has 7 heteroatoms. The van der Waals surface area contributed by atoms with Crippen molar-refractivity contribution in [3.8, 4) is 0 Å². The Bertz CT molecular complexity index is 330. The third kappa shape index (κ3) is 4.06. The number of hydrogen-bond acceptors (Lipinski definition) is 4. The van der Waals surface area contributed by atoms with Crippen LogP contribution < -0.4 is 5.73 Å². The van der Waals surface area contributed by atoms with Crippen LogP contribution in [0.1, 0.15) is 19.3 Å². The second-order valence-electron chi connectivity index (χ2n) is 4.77. The minimum absolute atomic E-state index is 0. The van der Waals surface area contributed by atoms with E-state index < -0.39 is 10.0 Å². The van der Waals surface area contributed by atoms with Crippen molar-refractivity contribution in [3.05, 3.63) is 0 Å². The SMILES string of the molecule is Cl.NC1CCCN(S(=O)(=O)CC2CCOC2)C1. The number of rotatable bonds is 3. The molecule has 0 aromatic heterocycles. The molecule has 2 saturated heterocycles. The van der Waals surface area contributed by atoms with Crippen molar-refractivity contribution in [2.45, 2.75) is 25.3 Å². The molecule has 17 heavy (non-hydrogen) atoms. The van der Waals surface area contributed by atoms with E-state index >= 15 is 0 Å². The van der Waals surface area contributed by atoms with Gasteiger partial charge in [0, 0.05) is 25.7 Å². The molecule has 102 valence electrons. The summed E-state index contributed by atoms with van der Waals surface area (Å²) in [5.74, 6) is 0.392. The van der Waals surface area contributed by atoms with Gasteiger partial charge in [-0.3, -0.25) is 0 Å². The minimum Gasteiger partial charge on any atom is -0.381 e. The average Bonchev–Trinajstić information content (AvgIpc) is 2.70. The third-order valence-corrected chi connectivity index (χ3v) is 5.30. The van der Waals surface area contributed by atoms with E-state index in [2.05, 4.69) is 0 Å². The summed E-state index contributed by atoms with van der Waals surface area (Å²) in [6.07, 6.45) is 2.67. The highest BCUT2D eigenvalue weighted by molar-refractivity contribution is 7.89. The van der Waals surface area contributed by atoms with Gasteiger partial charge in [0.15, 0.2) is 0 Å². The Kier molecular flexibility index (Phi) is 5.66. The molecule has 0 aromatic rings. The van der Waals surface area contributed by atoms with Crippen molar-refractivity contribution in [3.63, 3.8) is 0 Å². The molecule has 2 rings (SSSR count). The van der Waals surface area contributed by atoms with Crippen molar-refractivity contribution in [1.29, 1.82) is 0 Å². The quantitative estimate of drug-likeness (QED) is 0.803. The Labute approximate surface area is 109 Å². The van der Waals surface area contributed by atoms with Crippen LogP contribution in [-0.4, -0.2) is 50.8 Å². The summed E-state index contributed by atoms with van der Waals surface area (Å²) in [7, 11) is -3.13. The van der Waals surface area contributed by atoms with Crippen LogP contribution in [0.5, 0.6) is 0 Å². The summed E-state index contributed by atoms with van der Waals surface area (Å²) in [6, 6.07) is 0.00310. The minimum atomic E-state index is -3.13. The Morgan fingerprint density at radius 3 is 2.71 bits per heavy atom. The monoisotopic (exact) mass is 284 g/mol. The predicted octanol–water partition coefficient (Wildman–Crippen LogP) is 0.198. The Morgan fingerprint density at radius 1 is 1.35 bits per heavy atom. The molecule has 2 aliphatic rings. The lowest BCUT2D eigenvalue weighted by Crippen LogP contribution is -2.47. The van der Waals surface area contributed by atoms with Gasteiger partial charge in [-0.1, -0.05) is 0 Å². The van der Waals surface area contributed by atoms with E-state index in [4.69, 9.17) is 10.5 Å². The second kappa shape index (κ2) is 6.33. The maximum atomic E-state index is 12.1. The number of piperidine rings is 1. The summed E-state index contributed by atoms with van der Waals surface area (Å²) in [5, 5.41) is 0. The fraction of sp³-hybridized carbons (Fsp3) is 1.00. The predicted molar refractivity (Wildman–Crippen MR) is 68.7 cm³/mol. The topological polar surface area (TPSA) is 72.6 Å². The van der Waals surface area contributed by atoms with E-state index in [1.807, 2.05) is 0 Å². The number of sulfonamides is 1. The van der Waals surface area contributed by atoms with Gasteiger partial charge in [0.25, 0.3) is 0 Å². The van der Waals surface area contributed by atoms with Crippen LogP contribution in [0.4, 0.5) is 0 Å². The van der Waals surface area contributed by atoms with Crippen LogP contribution in [0.15, 0.2) is 0 Å². The first-order valence-corrected chi connectivity index (χ1v) is 7.50.